The molecule has 1 aliphatic heterocycles. The van der Waals surface area contributed by atoms with Crippen molar-refractivity contribution in [3.63, 3.8) is 0 Å². The highest BCUT2D eigenvalue weighted by Crippen LogP contribution is 2.52. The normalized spacial score (nSPS) is 20.4. The summed E-state index contributed by atoms with van der Waals surface area (Å²) in [5.74, 6) is 1.05. The van der Waals surface area contributed by atoms with Gasteiger partial charge < -0.3 is 14.8 Å². The molecule has 3 aliphatic rings. The van der Waals surface area contributed by atoms with Gasteiger partial charge in [-0.05, 0) is 88.6 Å². The minimum absolute atomic E-state index is 0.109. The third kappa shape index (κ3) is 5.78. The zero-order valence-electron chi connectivity index (χ0n) is 23.2. The van der Waals surface area contributed by atoms with Crippen LogP contribution in [0.5, 0.6) is 11.5 Å². The number of hydrogen-bond acceptors (Lipinski definition) is 5. The molecule has 5 nitrogen and oxygen atoms in total. The first kappa shape index (κ1) is 28.2. The molecule has 2 aliphatic carbocycles. The van der Waals surface area contributed by atoms with Crippen LogP contribution in [-0.2, 0) is 16.2 Å². The highest BCUT2D eigenvalue weighted by atomic mass is 127. The highest BCUT2D eigenvalue weighted by Gasteiger charge is 2.46. The molecule has 0 radical (unpaired) electrons. The van der Waals surface area contributed by atoms with Gasteiger partial charge in [-0.2, -0.15) is 0 Å². The molecule has 0 aromatic heterocycles. The van der Waals surface area contributed by atoms with E-state index in [-0.39, 0.29) is 22.4 Å². The largest absolute Gasteiger partial charge is 0.490 e. The van der Waals surface area contributed by atoms with Gasteiger partial charge in [0, 0.05) is 46.3 Å². The van der Waals surface area contributed by atoms with Crippen LogP contribution in [0.1, 0.15) is 77.3 Å². The highest BCUT2D eigenvalue weighted by molar-refractivity contribution is 14.1. The van der Waals surface area contributed by atoms with Crippen LogP contribution in [0.25, 0.3) is 0 Å². The number of ether oxygens (including phenoxy) is 2. The summed E-state index contributed by atoms with van der Waals surface area (Å²) in [6, 6.07) is 11.6. The second-order valence-electron chi connectivity index (χ2n) is 12.4. The fraction of sp³-hybridized carbons (Fsp3) is 0.438. The van der Waals surface area contributed by atoms with Crippen molar-refractivity contribution in [3.05, 3.63) is 78.7 Å². The Morgan fingerprint density at radius 1 is 0.923 bits per heavy atom. The van der Waals surface area contributed by atoms with Gasteiger partial charge in [-0.1, -0.05) is 51.4 Å². The predicted molar refractivity (Wildman–Crippen MR) is 162 cm³/mol. The van der Waals surface area contributed by atoms with Crippen molar-refractivity contribution in [1.82, 2.24) is 5.32 Å². The van der Waals surface area contributed by atoms with Gasteiger partial charge in [0.2, 0.25) is 0 Å². The molecule has 0 unspecified atom stereocenters. The Morgan fingerprint density at radius 3 is 2.10 bits per heavy atom. The maximum atomic E-state index is 13.7. The molecule has 0 bridgehead atoms. The first-order chi connectivity index (χ1) is 18.4. The van der Waals surface area contributed by atoms with Crippen molar-refractivity contribution in [1.29, 1.82) is 0 Å². The van der Waals surface area contributed by atoms with Crippen LogP contribution in [0.2, 0.25) is 5.02 Å². The molecule has 39 heavy (non-hydrogen) atoms. The standard InChI is InChI=1S/C32H35ClINO4/c1-6-38-26-12-19(11-21(34)30(26)39-17-18-8-7-9-20(33)10-18)27-28-22(13-31(2,3)15-24(28)36)35-23-14-32(4,5)16-25(37)29(23)27/h7-12,27,35H,6,13-17H2,1-5H3. The molecule has 0 atom stereocenters. The zero-order chi connectivity index (χ0) is 28.1. The fourth-order valence-electron chi connectivity index (χ4n) is 6.16. The third-order valence-corrected chi connectivity index (χ3v) is 8.69. The summed E-state index contributed by atoms with van der Waals surface area (Å²) in [7, 11) is 0. The number of halogens is 2. The summed E-state index contributed by atoms with van der Waals surface area (Å²) in [6.07, 6.45) is 2.46. The molecule has 1 heterocycles. The van der Waals surface area contributed by atoms with E-state index in [0.717, 1.165) is 50.1 Å². The van der Waals surface area contributed by atoms with Gasteiger partial charge in [-0.3, -0.25) is 9.59 Å². The number of Topliss-reactive ketones (excluding diaryl/α,β-unsaturated/α-hetero) is 2. The van der Waals surface area contributed by atoms with E-state index in [1.807, 2.05) is 43.3 Å². The van der Waals surface area contributed by atoms with E-state index in [1.165, 1.54) is 0 Å². The van der Waals surface area contributed by atoms with E-state index in [2.05, 4.69) is 55.6 Å². The van der Waals surface area contributed by atoms with E-state index in [0.29, 0.717) is 42.6 Å². The van der Waals surface area contributed by atoms with Gasteiger partial charge >= 0.3 is 0 Å². The van der Waals surface area contributed by atoms with E-state index in [4.69, 9.17) is 21.1 Å². The Labute approximate surface area is 249 Å². The lowest BCUT2D eigenvalue weighted by molar-refractivity contribution is -0.119. The van der Waals surface area contributed by atoms with Crippen LogP contribution in [-0.4, -0.2) is 18.2 Å². The predicted octanol–water partition coefficient (Wildman–Crippen LogP) is 7.90. The molecule has 0 fully saturated rings. The van der Waals surface area contributed by atoms with E-state index in [1.54, 1.807) is 0 Å². The summed E-state index contributed by atoms with van der Waals surface area (Å²) >= 11 is 8.43. The summed E-state index contributed by atoms with van der Waals surface area (Å²) in [4.78, 5) is 27.4. The minimum Gasteiger partial charge on any atom is -0.490 e. The average molecular weight is 660 g/mol. The average Bonchev–Trinajstić information content (AvgIpc) is 2.80. The minimum atomic E-state index is -0.418. The van der Waals surface area contributed by atoms with Crippen molar-refractivity contribution in [3.8, 4) is 11.5 Å². The molecule has 0 saturated carbocycles. The van der Waals surface area contributed by atoms with Gasteiger partial charge in [-0.15, -0.1) is 0 Å². The van der Waals surface area contributed by atoms with Crippen LogP contribution in [0.3, 0.4) is 0 Å². The first-order valence-corrected chi connectivity index (χ1v) is 15.0. The molecule has 0 amide bonds. The topological polar surface area (TPSA) is 64.6 Å². The van der Waals surface area contributed by atoms with Gasteiger partial charge in [0.15, 0.2) is 23.1 Å². The van der Waals surface area contributed by atoms with Crippen LogP contribution < -0.4 is 14.8 Å². The summed E-state index contributed by atoms with van der Waals surface area (Å²) < 4.78 is 13.2. The first-order valence-electron chi connectivity index (χ1n) is 13.5. The lowest BCUT2D eigenvalue weighted by Crippen LogP contribution is -2.42. The van der Waals surface area contributed by atoms with Crippen molar-refractivity contribution in [2.24, 2.45) is 10.8 Å². The Morgan fingerprint density at radius 2 is 1.54 bits per heavy atom. The summed E-state index contributed by atoms with van der Waals surface area (Å²) in [5, 5.41) is 4.25. The van der Waals surface area contributed by atoms with Crippen molar-refractivity contribution >= 4 is 45.8 Å². The number of carbonyl (C=O) groups excluding carboxylic acids is 2. The number of rotatable bonds is 6. The lowest BCUT2D eigenvalue weighted by Gasteiger charge is -2.44. The molecular weight excluding hydrogens is 625 g/mol. The third-order valence-electron chi connectivity index (χ3n) is 7.66. The Hall–Kier alpha value is -2.32. The van der Waals surface area contributed by atoms with Crippen LogP contribution in [0.15, 0.2) is 58.9 Å². The Bertz CT molecular complexity index is 1370. The van der Waals surface area contributed by atoms with Crippen molar-refractivity contribution in [2.45, 2.75) is 72.8 Å². The van der Waals surface area contributed by atoms with Crippen LogP contribution in [0, 0.1) is 14.4 Å². The van der Waals surface area contributed by atoms with Crippen molar-refractivity contribution in [2.75, 3.05) is 6.61 Å². The second kappa shape index (κ2) is 10.6. The molecule has 2 aromatic rings. The van der Waals surface area contributed by atoms with E-state index in [9.17, 15) is 9.59 Å². The zero-order valence-corrected chi connectivity index (χ0v) is 26.1. The number of hydrogen-bond donors (Lipinski definition) is 1. The molecular formula is C32H35ClINO4. The number of allylic oxidation sites excluding steroid dienone is 4. The summed E-state index contributed by atoms with van der Waals surface area (Å²) in [6.45, 7) is 11.3. The summed E-state index contributed by atoms with van der Waals surface area (Å²) in [5.41, 5.74) is 4.95. The molecule has 0 saturated heterocycles. The number of carbonyl (C=O) groups is 2. The molecule has 206 valence electrons. The maximum Gasteiger partial charge on any atom is 0.174 e. The van der Waals surface area contributed by atoms with Gasteiger partial charge in [0.1, 0.15) is 6.61 Å². The van der Waals surface area contributed by atoms with Crippen molar-refractivity contribution < 1.29 is 19.1 Å². The van der Waals surface area contributed by atoms with Gasteiger partial charge in [0.25, 0.3) is 0 Å². The number of ketones is 2. The molecule has 5 rings (SSSR count). The maximum absolute atomic E-state index is 13.7. The quantitative estimate of drug-likeness (QED) is 0.320. The molecule has 7 heteroatoms. The molecule has 1 N–H and O–H groups in total. The number of nitrogens with one attached hydrogen (secondary N) is 1. The van der Waals surface area contributed by atoms with Crippen LogP contribution >= 0.6 is 34.2 Å². The molecule has 2 aromatic carbocycles. The molecule has 0 spiro atoms. The van der Waals surface area contributed by atoms with E-state index >= 15 is 0 Å². The van der Waals surface area contributed by atoms with Gasteiger partial charge in [-0.25, -0.2) is 0 Å². The number of benzene rings is 2. The SMILES string of the molecule is CCOc1cc(C2C3=C(CC(C)(C)CC3=O)NC3=C2C(=O)CC(C)(C)C3)cc(I)c1OCc1cccc(Cl)c1. The number of dihydropyridines is 1. The van der Waals surface area contributed by atoms with E-state index < -0.39 is 5.92 Å². The monoisotopic (exact) mass is 659 g/mol. The fourth-order valence-corrected chi connectivity index (χ4v) is 7.16. The van der Waals surface area contributed by atoms with Gasteiger partial charge in [0.05, 0.1) is 10.2 Å². The second-order valence-corrected chi connectivity index (χ2v) is 14.0. The Kier molecular flexibility index (Phi) is 7.66. The lowest BCUT2D eigenvalue weighted by atomic mass is 9.64. The van der Waals surface area contributed by atoms with Crippen LogP contribution in [0.4, 0.5) is 0 Å². The Balaban J connectivity index is 1.61. The smallest absolute Gasteiger partial charge is 0.174 e.